The van der Waals surface area contributed by atoms with Crippen molar-refractivity contribution in [1.82, 2.24) is 14.9 Å². The lowest BCUT2D eigenvalue weighted by molar-refractivity contribution is 0.0971. The Morgan fingerprint density at radius 3 is 2.94 bits per heavy atom. The van der Waals surface area contributed by atoms with Crippen LogP contribution in [-0.2, 0) is 12.8 Å². The van der Waals surface area contributed by atoms with E-state index >= 15 is 0 Å². The molecule has 0 N–H and O–H groups in total. The molecular formula is C12H17N3O. The fraction of sp³-hybridized carbons (Fsp3) is 0.583. The average Bonchev–Trinajstić information content (AvgIpc) is 2.26. The second-order valence-electron chi connectivity index (χ2n) is 4.48. The first kappa shape index (κ1) is 11.2. The van der Waals surface area contributed by atoms with Crippen molar-refractivity contribution in [1.29, 1.82) is 0 Å². The molecule has 4 heteroatoms. The first-order valence-corrected chi connectivity index (χ1v) is 5.69. The van der Waals surface area contributed by atoms with Crippen molar-refractivity contribution in [3.8, 4) is 0 Å². The van der Waals surface area contributed by atoms with Gasteiger partial charge in [0.05, 0.1) is 11.3 Å². The Bertz CT molecular complexity index is 401. The molecule has 86 valence electrons. The second-order valence-corrected chi connectivity index (χ2v) is 4.48. The molecule has 4 nitrogen and oxygen atoms in total. The summed E-state index contributed by atoms with van der Waals surface area (Å²) in [7, 11) is 4.06. The zero-order valence-electron chi connectivity index (χ0n) is 9.86. The molecule has 0 spiro atoms. The van der Waals surface area contributed by atoms with Gasteiger partial charge in [0, 0.05) is 25.6 Å². The zero-order valence-corrected chi connectivity index (χ0v) is 9.86. The Morgan fingerprint density at radius 2 is 2.19 bits per heavy atom. The second kappa shape index (κ2) is 4.70. The molecule has 0 amide bonds. The molecule has 1 aromatic rings. The van der Waals surface area contributed by atoms with Crippen LogP contribution in [0.3, 0.4) is 0 Å². The maximum absolute atomic E-state index is 11.6. The number of ketones is 1. The quantitative estimate of drug-likeness (QED) is 0.763. The summed E-state index contributed by atoms with van der Waals surface area (Å²) in [5.41, 5.74) is 1.68. The molecule has 0 saturated carbocycles. The van der Waals surface area contributed by atoms with Gasteiger partial charge in [-0.25, -0.2) is 9.97 Å². The third-order valence-electron chi connectivity index (χ3n) is 2.82. The lowest BCUT2D eigenvalue weighted by Gasteiger charge is -2.14. The number of rotatable bonds is 3. The standard InChI is InChI=1S/C12H17N3O/c1-15(2)7-6-12-13-8-9-10(14-12)4-3-5-11(9)16/h8H,3-7H2,1-2H3. The van der Waals surface area contributed by atoms with E-state index in [0.29, 0.717) is 6.42 Å². The molecule has 0 bridgehead atoms. The predicted molar refractivity (Wildman–Crippen MR) is 61.6 cm³/mol. The van der Waals surface area contributed by atoms with Crippen LogP contribution in [0, 0.1) is 0 Å². The minimum Gasteiger partial charge on any atom is -0.309 e. The maximum Gasteiger partial charge on any atom is 0.166 e. The minimum atomic E-state index is 0.195. The van der Waals surface area contributed by atoms with Crippen molar-refractivity contribution in [2.75, 3.05) is 20.6 Å². The molecule has 2 rings (SSSR count). The monoisotopic (exact) mass is 219 g/mol. The van der Waals surface area contributed by atoms with E-state index in [4.69, 9.17) is 0 Å². The van der Waals surface area contributed by atoms with E-state index in [1.54, 1.807) is 6.20 Å². The average molecular weight is 219 g/mol. The van der Waals surface area contributed by atoms with Crippen LogP contribution in [0.1, 0.15) is 34.7 Å². The lowest BCUT2D eigenvalue weighted by Crippen LogP contribution is -2.19. The van der Waals surface area contributed by atoms with E-state index in [1.807, 2.05) is 14.1 Å². The zero-order chi connectivity index (χ0) is 11.5. The largest absolute Gasteiger partial charge is 0.309 e. The Morgan fingerprint density at radius 1 is 1.38 bits per heavy atom. The fourth-order valence-corrected chi connectivity index (χ4v) is 1.88. The molecule has 1 aliphatic rings. The maximum atomic E-state index is 11.6. The number of Topliss-reactive ketones (excluding diaryl/α,β-unsaturated/α-hetero) is 1. The van der Waals surface area contributed by atoms with Gasteiger partial charge in [-0.3, -0.25) is 4.79 Å². The van der Waals surface area contributed by atoms with E-state index in [-0.39, 0.29) is 5.78 Å². The molecule has 0 aromatic carbocycles. The minimum absolute atomic E-state index is 0.195. The number of hydrogen-bond donors (Lipinski definition) is 0. The van der Waals surface area contributed by atoms with E-state index < -0.39 is 0 Å². The van der Waals surface area contributed by atoms with Crippen molar-refractivity contribution < 1.29 is 4.79 Å². The van der Waals surface area contributed by atoms with Gasteiger partial charge in [-0.1, -0.05) is 0 Å². The summed E-state index contributed by atoms with van der Waals surface area (Å²) in [5.74, 6) is 1.04. The van der Waals surface area contributed by atoms with Gasteiger partial charge < -0.3 is 4.90 Å². The number of aromatic nitrogens is 2. The Labute approximate surface area is 95.7 Å². The van der Waals surface area contributed by atoms with E-state index in [1.165, 1.54) is 0 Å². The summed E-state index contributed by atoms with van der Waals surface area (Å²) in [5, 5.41) is 0. The van der Waals surface area contributed by atoms with Gasteiger partial charge in [0.25, 0.3) is 0 Å². The number of likely N-dealkylation sites (N-methyl/N-ethyl adjacent to an activating group) is 1. The molecule has 1 heterocycles. The van der Waals surface area contributed by atoms with Gasteiger partial charge in [-0.05, 0) is 26.9 Å². The SMILES string of the molecule is CN(C)CCc1ncc2c(n1)CCCC2=O. The smallest absolute Gasteiger partial charge is 0.166 e. The predicted octanol–water partition coefficient (Wildman–Crippen LogP) is 1.10. The van der Waals surface area contributed by atoms with Gasteiger partial charge >= 0.3 is 0 Å². The van der Waals surface area contributed by atoms with Crippen LogP contribution in [0.5, 0.6) is 0 Å². The number of hydrogen-bond acceptors (Lipinski definition) is 4. The van der Waals surface area contributed by atoms with Crippen molar-refractivity contribution in [3.63, 3.8) is 0 Å². The highest BCUT2D eigenvalue weighted by Crippen LogP contribution is 2.18. The Hall–Kier alpha value is -1.29. The highest BCUT2D eigenvalue weighted by molar-refractivity contribution is 5.97. The fourth-order valence-electron chi connectivity index (χ4n) is 1.88. The summed E-state index contributed by atoms with van der Waals surface area (Å²) in [4.78, 5) is 22.4. The summed E-state index contributed by atoms with van der Waals surface area (Å²) in [6.45, 7) is 0.937. The topological polar surface area (TPSA) is 46.1 Å². The Balaban J connectivity index is 2.15. The third kappa shape index (κ3) is 2.44. The molecule has 16 heavy (non-hydrogen) atoms. The van der Waals surface area contributed by atoms with Crippen LogP contribution in [0.2, 0.25) is 0 Å². The molecule has 0 atom stereocenters. The van der Waals surface area contributed by atoms with Gasteiger partial charge in [0.2, 0.25) is 0 Å². The normalized spacial score (nSPS) is 15.3. The van der Waals surface area contributed by atoms with E-state index in [9.17, 15) is 4.79 Å². The number of carbonyl (C=O) groups excluding carboxylic acids is 1. The summed E-state index contributed by atoms with van der Waals surface area (Å²) in [6.07, 6.45) is 5.03. The van der Waals surface area contributed by atoms with Crippen LogP contribution in [0.15, 0.2) is 6.20 Å². The Kier molecular flexibility index (Phi) is 3.29. The van der Waals surface area contributed by atoms with E-state index in [0.717, 1.165) is 42.9 Å². The summed E-state index contributed by atoms with van der Waals surface area (Å²) >= 11 is 0. The molecule has 0 fully saturated rings. The first-order chi connectivity index (χ1) is 7.66. The summed E-state index contributed by atoms with van der Waals surface area (Å²) in [6, 6.07) is 0. The molecule has 1 aromatic heterocycles. The van der Waals surface area contributed by atoms with Crippen LogP contribution in [-0.4, -0.2) is 41.3 Å². The van der Waals surface area contributed by atoms with Crippen molar-refractivity contribution in [2.24, 2.45) is 0 Å². The highest BCUT2D eigenvalue weighted by atomic mass is 16.1. The third-order valence-corrected chi connectivity index (χ3v) is 2.82. The molecule has 0 radical (unpaired) electrons. The number of carbonyl (C=O) groups is 1. The van der Waals surface area contributed by atoms with Crippen LogP contribution >= 0.6 is 0 Å². The van der Waals surface area contributed by atoms with Gasteiger partial charge in [-0.2, -0.15) is 0 Å². The molecule has 0 unspecified atom stereocenters. The van der Waals surface area contributed by atoms with Gasteiger partial charge in [-0.15, -0.1) is 0 Å². The molecular weight excluding hydrogens is 202 g/mol. The van der Waals surface area contributed by atoms with Crippen LogP contribution in [0.4, 0.5) is 0 Å². The first-order valence-electron chi connectivity index (χ1n) is 5.69. The number of fused-ring (bicyclic) bond motifs is 1. The summed E-state index contributed by atoms with van der Waals surface area (Å²) < 4.78 is 0. The number of aryl methyl sites for hydroxylation is 1. The van der Waals surface area contributed by atoms with Crippen molar-refractivity contribution in [2.45, 2.75) is 25.7 Å². The number of nitrogens with zero attached hydrogens (tertiary/aromatic N) is 3. The highest BCUT2D eigenvalue weighted by Gasteiger charge is 2.18. The van der Waals surface area contributed by atoms with Crippen molar-refractivity contribution >= 4 is 5.78 Å². The van der Waals surface area contributed by atoms with Crippen molar-refractivity contribution in [3.05, 3.63) is 23.3 Å². The van der Waals surface area contributed by atoms with Gasteiger partial charge in [0.1, 0.15) is 5.82 Å². The molecule has 0 saturated heterocycles. The van der Waals surface area contributed by atoms with Crippen LogP contribution < -0.4 is 0 Å². The van der Waals surface area contributed by atoms with Gasteiger partial charge in [0.15, 0.2) is 5.78 Å². The van der Waals surface area contributed by atoms with Crippen LogP contribution in [0.25, 0.3) is 0 Å². The lowest BCUT2D eigenvalue weighted by atomic mass is 9.96. The van der Waals surface area contributed by atoms with E-state index in [2.05, 4.69) is 14.9 Å². The molecule has 1 aliphatic carbocycles. The molecule has 0 aliphatic heterocycles.